The van der Waals surface area contributed by atoms with E-state index >= 15 is 0 Å². The van der Waals surface area contributed by atoms with Crippen LogP contribution in [0, 0.1) is 34.5 Å². The van der Waals surface area contributed by atoms with Crippen LogP contribution in [0.2, 0.25) is 0 Å². The lowest BCUT2D eigenvalue weighted by molar-refractivity contribution is -0.0494. The zero-order chi connectivity index (χ0) is 18.2. The highest BCUT2D eigenvalue weighted by Gasteiger charge is 2.65. The van der Waals surface area contributed by atoms with Gasteiger partial charge in [0.25, 0.3) is 0 Å². The van der Waals surface area contributed by atoms with Crippen molar-refractivity contribution < 1.29 is 0 Å². The smallest absolute Gasteiger partial charge is 0.0231 e. The highest BCUT2D eigenvalue weighted by molar-refractivity contribution is 5.45. The van der Waals surface area contributed by atoms with Crippen LogP contribution in [0.15, 0.2) is 48.1 Å². The molecule has 1 heteroatoms. The van der Waals surface area contributed by atoms with Crippen molar-refractivity contribution in [2.45, 2.75) is 65.3 Å². The molecule has 0 heterocycles. The summed E-state index contributed by atoms with van der Waals surface area (Å²) in [6, 6.07) is 0. The minimum Gasteiger partial charge on any atom is -0.325 e. The Morgan fingerprint density at radius 1 is 1.24 bits per heavy atom. The van der Waals surface area contributed by atoms with E-state index < -0.39 is 0 Å². The molecule has 7 atom stereocenters. The molecule has 0 amide bonds. The monoisotopic (exact) mass is 337 g/mol. The summed E-state index contributed by atoms with van der Waals surface area (Å²) < 4.78 is 0. The third-order valence-corrected chi connectivity index (χ3v) is 8.73. The Hall–Kier alpha value is -1.08. The lowest BCUT2D eigenvalue weighted by atomic mass is 9.44. The van der Waals surface area contributed by atoms with Crippen LogP contribution in [-0.2, 0) is 0 Å². The summed E-state index contributed by atoms with van der Waals surface area (Å²) in [5.41, 5.74) is 11.9. The molecule has 3 fully saturated rings. The average molecular weight is 338 g/mol. The minimum absolute atomic E-state index is 0.0411. The van der Waals surface area contributed by atoms with E-state index in [0.717, 1.165) is 18.4 Å². The summed E-state index contributed by atoms with van der Waals surface area (Å²) >= 11 is 0. The molecule has 136 valence electrons. The van der Waals surface area contributed by atoms with E-state index in [4.69, 9.17) is 5.73 Å². The number of allylic oxidation sites excluding steroid dienone is 6. The fourth-order valence-corrected chi connectivity index (χ4v) is 7.88. The van der Waals surface area contributed by atoms with Crippen LogP contribution in [-0.4, -0.2) is 5.54 Å². The number of fused-ring (bicyclic) bond motifs is 5. The van der Waals surface area contributed by atoms with Gasteiger partial charge in [-0.2, -0.15) is 0 Å². The summed E-state index contributed by atoms with van der Waals surface area (Å²) in [4.78, 5) is 0. The zero-order valence-corrected chi connectivity index (χ0v) is 16.6. The summed E-state index contributed by atoms with van der Waals surface area (Å²) in [5.74, 6) is 2.51. The highest BCUT2D eigenvalue weighted by Crippen LogP contribution is 2.68. The van der Waals surface area contributed by atoms with Gasteiger partial charge in [0.15, 0.2) is 0 Å². The Kier molecular flexibility index (Phi) is 3.62. The number of rotatable bonds is 1. The van der Waals surface area contributed by atoms with E-state index in [-0.39, 0.29) is 11.0 Å². The van der Waals surface area contributed by atoms with Crippen LogP contribution >= 0.6 is 0 Å². The second kappa shape index (κ2) is 5.22. The molecule has 0 aromatic rings. The van der Waals surface area contributed by atoms with E-state index in [9.17, 15) is 0 Å². The van der Waals surface area contributed by atoms with Crippen LogP contribution in [0.4, 0.5) is 0 Å². The molecule has 0 saturated heterocycles. The SMILES string of the molecule is C=C1C=CC2(C)C(=C1)CCC1(N)C2CCC2(C)C(C(=C)C)C(C)CC21. The first-order valence-electron chi connectivity index (χ1n) is 10.2. The zero-order valence-electron chi connectivity index (χ0n) is 16.6. The Labute approximate surface area is 154 Å². The molecule has 4 rings (SSSR count). The molecule has 2 N–H and O–H groups in total. The van der Waals surface area contributed by atoms with Gasteiger partial charge < -0.3 is 5.73 Å². The Morgan fingerprint density at radius 2 is 1.96 bits per heavy atom. The topological polar surface area (TPSA) is 26.0 Å². The molecule has 7 unspecified atom stereocenters. The maximum absolute atomic E-state index is 7.37. The number of hydrogen-bond acceptors (Lipinski definition) is 1. The quantitative estimate of drug-likeness (QED) is 0.601. The number of hydrogen-bond donors (Lipinski definition) is 1. The van der Waals surface area contributed by atoms with Gasteiger partial charge in [0.05, 0.1) is 0 Å². The van der Waals surface area contributed by atoms with Gasteiger partial charge in [0.2, 0.25) is 0 Å². The van der Waals surface area contributed by atoms with E-state index in [1.165, 1.54) is 24.8 Å². The van der Waals surface area contributed by atoms with E-state index in [2.05, 4.69) is 59.1 Å². The molecule has 0 bridgehead atoms. The fraction of sp³-hybridized carbons (Fsp3) is 0.667. The van der Waals surface area contributed by atoms with Gasteiger partial charge in [0, 0.05) is 11.0 Å². The van der Waals surface area contributed by atoms with Crippen LogP contribution in [0.3, 0.4) is 0 Å². The fourth-order valence-electron chi connectivity index (χ4n) is 7.88. The van der Waals surface area contributed by atoms with E-state index in [1.807, 2.05) is 0 Å². The van der Waals surface area contributed by atoms with Crippen molar-refractivity contribution in [3.05, 3.63) is 48.1 Å². The highest BCUT2D eigenvalue weighted by atomic mass is 14.9. The molecule has 0 spiro atoms. The molecule has 4 aliphatic rings. The van der Waals surface area contributed by atoms with Crippen LogP contribution < -0.4 is 5.73 Å². The molecule has 4 aliphatic carbocycles. The minimum atomic E-state index is -0.0411. The molecule has 25 heavy (non-hydrogen) atoms. The van der Waals surface area contributed by atoms with Gasteiger partial charge >= 0.3 is 0 Å². The van der Waals surface area contributed by atoms with Crippen LogP contribution in [0.1, 0.15) is 59.8 Å². The normalized spacial score (nSPS) is 51.4. The van der Waals surface area contributed by atoms with Crippen molar-refractivity contribution in [2.75, 3.05) is 0 Å². The van der Waals surface area contributed by atoms with Crippen LogP contribution in [0.5, 0.6) is 0 Å². The van der Waals surface area contributed by atoms with Gasteiger partial charge in [-0.05, 0) is 73.7 Å². The van der Waals surface area contributed by atoms with Crippen molar-refractivity contribution >= 4 is 0 Å². The molecule has 3 saturated carbocycles. The Balaban J connectivity index is 1.77. The molecule has 1 nitrogen and oxygen atoms in total. The van der Waals surface area contributed by atoms with E-state index in [0.29, 0.717) is 29.1 Å². The first-order valence-corrected chi connectivity index (χ1v) is 10.2. The summed E-state index contributed by atoms with van der Waals surface area (Å²) in [6.45, 7) is 18.2. The van der Waals surface area contributed by atoms with Crippen molar-refractivity contribution in [1.29, 1.82) is 0 Å². The van der Waals surface area contributed by atoms with Crippen molar-refractivity contribution in [3.63, 3.8) is 0 Å². The van der Waals surface area contributed by atoms with Gasteiger partial charge in [-0.15, -0.1) is 0 Å². The molecular weight excluding hydrogens is 302 g/mol. The first kappa shape index (κ1) is 17.3. The third kappa shape index (κ3) is 2.11. The lowest BCUT2D eigenvalue weighted by Crippen LogP contribution is -2.66. The van der Waals surface area contributed by atoms with Crippen molar-refractivity contribution in [2.24, 2.45) is 40.2 Å². The maximum atomic E-state index is 7.37. The molecule has 0 aromatic carbocycles. The number of nitrogens with two attached hydrogens (primary N) is 1. The molecule has 0 radical (unpaired) electrons. The second-order valence-electron chi connectivity index (χ2n) is 10.2. The second-order valence-corrected chi connectivity index (χ2v) is 10.2. The summed E-state index contributed by atoms with van der Waals surface area (Å²) in [6.07, 6.45) is 13.0. The molecular formula is C24H35N. The first-order chi connectivity index (χ1) is 11.6. The molecule has 0 aliphatic heterocycles. The van der Waals surface area contributed by atoms with Crippen LogP contribution in [0.25, 0.3) is 0 Å². The van der Waals surface area contributed by atoms with Gasteiger partial charge in [-0.25, -0.2) is 0 Å². The lowest BCUT2D eigenvalue weighted by Gasteiger charge is -2.62. The predicted octanol–water partition coefficient (Wildman–Crippen LogP) is 5.80. The predicted molar refractivity (Wildman–Crippen MR) is 107 cm³/mol. The van der Waals surface area contributed by atoms with Gasteiger partial charge in [-0.3, -0.25) is 0 Å². The molecule has 0 aromatic heterocycles. The van der Waals surface area contributed by atoms with Gasteiger partial charge in [-0.1, -0.05) is 63.3 Å². The largest absolute Gasteiger partial charge is 0.325 e. The van der Waals surface area contributed by atoms with Gasteiger partial charge in [0.1, 0.15) is 0 Å². The average Bonchev–Trinajstić information content (AvgIpc) is 2.80. The summed E-state index contributed by atoms with van der Waals surface area (Å²) in [7, 11) is 0. The van der Waals surface area contributed by atoms with Crippen molar-refractivity contribution in [3.8, 4) is 0 Å². The standard InChI is InChI=1S/C24H35N/c1-15(2)21-17(4)14-20-23(21,6)11-9-19-22(5)10-7-16(3)13-18(22)8-12-24(19,20)25/h7,10,13,17,19-21H,1,3,8-9,11-12,14,25H2,2,4-6H3. The summed E-state index contributed by atoms with van der Waals surface area (Å²) in [5, 5.41) is 0. The maximum Gasteiger partial charge on any atom is 0.0231 e. The third-order valence-electron chi connectivity index (χ3n) is 8.73. The Bertz CT molecular complexity index is 697. The van der Waals surface area contributed by atoms with E-state index in [1.54, 1.807) is 5.57 Å². The Morgan fingerprint density at radius 3 is 2.64 bits per heavy atom. The van der Waals surface area contributed by atoms with Crippen molar-refractivity contribution in [1.82, 2.24) is 0 Å².